The molecule has 1 unspecified atom stereocenters. The maximum absolute atomic E-state index is 11.7. The summed E-state index contributed by atoms with van der Waals surface area (Å²) in [6.45, 7) is 12.8. The molecule has 0 aliphatic carbocycles. The van der Waals surface area contributed by atoms with Crippen LogP contribution in [0.1, 0.15) is 92.9 Å². The van der Waals surface area contributed by atoms with Crippen molar-refractivity contribution in [1.29, 1.82) is 0 Å². The van der Waals surface area contributed by atoms with Gasteiger partial charge < -0.3 is 9.47 Å². The third kappa shape index (κ3) is 13.4. The number of rotatable bonds is 12. The van der Waals surface area contributed by atoms with Crippen molar-refractivity contribution < 1.29 is 19.1 Å². The second-order valence-electron chi connectivity index (χ2n) is 8.20. The Kier molecular flexibility index (Phi) is 11.8. The zero-order valence-electron chi connectivity index (χ0n) is 16.7. The van der Waals surface area contributed by atoms with E-state index in [2.05, 4.69) is 20.8 Å². The number of unbranched alkanes of at least 4 members (excludes halogenated alkanes) is 5. The van der Waals surface area contributed by atoms with Crippen molar-refractivity contribution in [3.8, 4) is 0 Å². The number of hydrogen-bond acceptors (Lipinski definition) is 4. The lowest BCUT2D eigenvalue weighted by Gasteiger charge is -2.26. The number of ether oxygens (including phenoxy) is 2. The molecule has 24 heavy (non-hydrogen) atoms. The molecule has 0 aliphatic rings. The van der Waals surface area contributed by atoms with Crippen molar-refractivity contribution in [3.05, 3.63) is 0 Å². The van der Waals surface area contributed by atoms with Gasteiger partial charge in [0.2, 0.25) is 0 Å². The molecule has 0 saturated carbocycles. The molecular weight excluding hydrogens is 304 g/mol. The molecule has 4 heteroatoms. The van der Waals surface area contributed by atoms with E-state index in [1.165, 1.54) is 0 Å². The van der Waals surface area contributed by atoms with Gasteiger partial charge in [0.25, 0.3) is 0 Å². The molecule has 0 bridgehead atoms. The van der Waals surface area contributed by atoms with E-state index in [1.54, 1.807) is 0 Å². The summed E-state index contributed by atoms with van der Waals surface area (Å²) < 4.78 is 10.6. The average Bonchev–Trinajstić information content (AvgIpc) is 2.46. The van der Waals surface area contributed by atoms with Gasteiger partial charge in [-0.2, -0.15) is 0 Å². The molecule has 0 aromatic rings. The SMILES string of the molecule is CC(C)COC(=O)CCCCCCCCC(=O)OC(C)C(C)(C)C. The van der Waals surface area contributed by atoms with Gasteiger partial charge in [0.1, 0.15) is 6.10 Å². The second kappa shape index (κ2) is 12.3. The summed E-state index contributed by atoms with van der Waals surface area (Å²) in [5.74, 6) is 0.219. The standard InChI is InChI=1S/C20H38O4/c1-16(2)15-23-18(21)13-11-9-7-8-10-12-14-19(22)24-17(3)20(4,5)6/h16-17H,7-15H2,1-6H3. The number of hydrogen-bond donors (Lipinski definition) is 0. The van der Waals surface area contributed by atoms with Crippen LogP contribution in [0, 0.1) is 11.3 Å². The van der Waals surface area contributed by atoms with Crippen LogP contribution >= 0.6 is 0 Å². The second-order valence-corrected chi connectivity index (χ2v) is 8.20. The van der Waals surface area contributed by atoms with Gasteiger partial charge >= 0.3 is 11.9 Å². The summed E-state index contributed by atoms with van der Waals surface area (Å²) in [6.07, 6.45) is 7.02. The van der Waals surface area contributed by atoms with E-state index >= 15 is 0 Å². The Morgan fingerprint density at radius 2 is 1.25 bits per heavy atom. The largest absolute Gasteiger partial charge is 0.465 e. The quantitative estimate of drug-likeness (QED) is 0.357. The fourth-order valence-electron chi connectivity index (χ4n) is 2.01. The van der Waals surface area contributed by atoms with Crippen molar-refractivity contribution in [1.82, 2.24) is 0 Å². The third-order valence-corrected chi connectivity index (χ3v) is 4.12. The van der Waals surface area contributed by atoms with Crippen molar-refractivity contribution in [3.63, 3.8) is 0 Å². The Morgan fingerprint density at radius 1 is 0.792 bits per heavy atom. The van der Waals surface area contributed by atoms with Gasteiger partial charge in [-0.3, -0.25) is 9.59 Å². The van der Waals surface area contributed by atoms with Crippen LogP contribution in [0.4, 0.5) is 0 Å². The van der Waals surface area contributed by atoms with Crippen LogP contribution in [0.15, 0.2) is 0 Å². The smallest absolute Gasteiger partial charge is 0.306 e. The van der Waals surface area contributed by atoms with Gasteiger partial charge in [0.05, 0.1) is 6.61 Å². The van der Waals surface area contributed by atoms with E-state index in [1.807, 2.05) is 20.8 Å². The molecule has 0 heterocycles. The Morgan fingerprint density at radius 3 is 1.71 bits per heavy atom. The summed E-state index contributed by atoms with van der Waals surface area (Å²) in [5, 5.41) is 0. The lowest BCUT2D eigenvalue weighted by atomic mass is 9.90. The average molecular weight is 343 g/mol. The maximum atomic E-state index is 11.7. The first kappa shape index (κ1) is 22.9. The van der Waals surface area contributed by atoms with Gasteiger partial charge in [0, 0.05) is 12.8 Å². The molecule has 142 valence electrons. The summed E-state index contributed by atoms with van der Waals surface area (Å²) in [6, 6.07) is 0. The molecular formula is C20H38O4. The number of esters is 2. The highest BCUT2D eigenvalue weighted by molar-refractivity contribution is 5.69. The van der Waals surface area contributed by atoms with Crippen LogP contribution in [-0.2, 0) is 19.1 Å². The van der Waals surface area contributed by atoms with Crippen LogP contribution in [0.5, 0.6) is 0 Å². The van der Waals surface area contributed by atoms with E-state index < -0.39 is 0 Å². The summed E-state index contributed by atoms with van der Waals surface area (Å²) in [7, 11) is 0. The Hall–Kier alpha value is -1.06. The molecule has 0 rings (SSSR count). The molecule has 0 aromatic carbocycles. The number of carbonyl (C=O) groups is 2. The van der Waals surface area contributed by atoms with Gasteiger partial charge in [-0.1, -0.05) is 60.3 Å². The van der Waals surface area contributed by atoms with Gasteiger partial charge in [0.15, 0.2) is 0 Å². The van der Waals surface area contributed by atoms with Crippen LogP contribution in [0.25, 0.3) is 0 Å². The highest BCUT2D eigenvalue weighted by Crippen LogP contribution is 2.22. The summed E-state index contributed by atoms with van der Waals surface area (Å²) in [5.41, 5.74) is -0.00796. The first-order valence-corrected chi connectivity index (χ1v) is 9.48. The molecule has 0 N–H and O–H groups in total. The van der Waals surface area contributed by atoms with Crippen LogP contribution < -0.4 is 0 Å². The van der Waals surface area contributed by atoms with Gasteiger partial charge in [-0.25, -0.2) is 0 Å². The lowest BCUT2D eigenvalue weighted by Crippen LogP contribution is -2.28. The maximum Gasteiger partial charge on any atom is 0.306 e. The fourth-order valence-corrected chi connectivity index (χ4v) is 2.01. The normalized spacial score (nSPS) is 13.0. The highest BCUT2D eigenvalue weighted by Gasteiger charge is 2.23. The van der Waals surface area contributed by atoms with Gasteiger partial charge in [-0.15, -0.1) is 0 Å². The van der Waals surface area contributed by atoms with E-state index in [0.717, 1.165) is 38.5 Å². The minimum absolute atomic E-state index is 0.00796. The Balaban J connectivity index is 3.48. The molecule has 0 aromatic heterocycles. The van der Waals surface area contributed by atoms with Crippen LogP contribution in [-0.4, -0.2) is 24.6 Å². The highest BCUT2D eigenvalue weighted by atomic mass is 16.5. The monoisotopic (exact) mass is 342 g/mol. The molecule has 0 aliphatic heterocycles. The van der Waals surface area contributed by atoms with Crippen molar-refractivity contribution in [2.45, 2.75) is 99.0 Å². The van der Waals surface area contributed by atoms with Gasteiger partial charge in [-0.05, 0) is 31.1 Å². The zero-order valence-corrected chi connectivity index (χ0v) is 16.7. The first-order chi connectivity index (χ1) is 11.1. The van der Waals surface area contributed by atoms with Crippen molar-refractivity contribution in [2.75, 3.05) is 6.61 Å². The molecule has 1 atom stereocenters. The molecule has 0 radical (unpaired) electrons. The van der Waals surface area contributed by atoms with Crippen LogP contribution in [0.2, 0.25) is 0 Å². The van der Waals surface area contributed by atoms with E-state index in [0.29, 0.717) is 25.4 Å². The summed E-state index contributed by atoms with van der Waals surface area (Å²) >= 11 is 0. The van der Waals surface area contributed by atoms with Crippen molar-refractivity contribution in [2.24, 2.45) is 11.3 Å². The zero-order chi connectivity index (χ0) is 18.6. The predicted molar refractivity (Wildman–Crippen MR) is 97.7 cm³/mol. The molecule has 0 fully saturated rings. The number of carbonyl (C=O) groups excluding carboxylic acids is 2. The molecule has 0 amide bonds. The first-order valence-electron chi connectivity index (χ1n) is 9.48. The Labute approximate surface area is 148 Å². The van der Waals surface area contributed by atoms with E-state index in [9.17, 15) is 9.59 Å². The third-order valence-electron chi connectivity index (χ3n) is 4.12. The topological polar surface area (TPSA) is 52.6 Å². The minimum Gasteiger partial charge on any atom is -0.465 e. The Bertz CT molecular complexity index is 355. The van der Waals surface area contributed by atoms with Crippen LogP contribution in [0.3, 0.4) is 0 Å². The minimum atomic E-state index is -0.0923. The van der Waals surface area contributed by atoms with E-state index in [4.69, 9.17) is 9.47 Å². The molecule has 4 nitrogen and oxygen atoms in total. The fraction of sp³-hybridized carbons (Fsp3) is 0.900. The summed E-state index contributed by atoms with van der Waals surface area (Å²) in [4.78, 5) is 23.2. The predicted octanol–water partition coefficient (Wildman–Crippen LogP) is 5.28. The lowest BCUT2D eigenvalue weighted by molar-refractivity contribution is -0.153. The molecule has 0 saturated heterocycles. The van der Waals surface area contributed by atoms with E-state index in [-0.39, 0.29) is 23.5 Å². The molecule has 0 spiro atoms. The van der Waals surface area contributed by atoms with Crippen molar-refractivity contribution >= 4 is 11.9 Å².